The molecule has 21 heavy (non-hydrogen) atoms. The molecule has 0 fully saturated rings. The van der Waals surface area contributed by atoms with E-state index in [2.05, 4.69) is 10.6 Å². The molecule has 1 atom stereocenters. The van der Waals surface area contributed by atoms with E-state index in [-0.39, 0.29) is 17.8 Å². The molecule has 0 radical (unpaired) electrons. The van der Waals surface area contributed by atoms with Crippen molar-refractivity contribution >= 4 is 23.2 Å². The van der Waals surface area contributed by atoms with Gasteiger partial charge in [0, 0.05) is 18.7 Å². The predicted molar refractivity (Wildman–Crippen MR) is 83.3 cm³/mol. The molecule has 1 amide bonds. The van der Waals surface area contributed by atoms with Crippen molar-refractivity contribution in [3.05, 3.63) is 64.4 Å². The van der Waals surface area contributed by atoms with Crippen LogP contribution in [-0.2, 0) is 0 Å². The maximum absolute atomic E-state index is 13.3. The second-order valence-corrected chi connectivity index (χ2v) is 5.10. The monoisotopic (exact) mass is 306 g/mol. The maximum atomic E-state index is 13.3. The third kappa shape index (κ3) is 3.73. The van der Waals surface area contributed by atoms with Gasteiger partial charge in [0.1, 0.15) is 5.82 Å². The minimum Gasteiger partial charge on any atom is -0.377 e. The maximum Gasteiger partial charge on any atom is 0.251 e. The van der Waals surface area contributed by atoms with E-state index in [0.29, 0.717) is 16.3 Å². The molecule has 3 nitrogen and oxygen atoms in total. The fourth-order valence-corrected chi connectivity index (χ4v) is 2.19. The first-order chi connectivity index (χ1) is 10.0. The van der Waals surface area contributed by atoms with Crippen LogP contribution < -0.4 is 10.6 Å². The van der Waals surface area contributed by atoms with Crippen molar-refractivity contribution in [2.75, 3.05) is 12.4 Å². The van der Waals surface area contributed by atoms with E-state index in [4.69, 9.17) is 11.6 Å². The van der Waals surface area contributed by atoms with Crippen molar-refractivity contribution in [3.8, 4) is 0 Å². The SMILES string of the molecule is CNC(=O)c1ccc(Cl)c(NC(C)c2cccc(F)c2)c1. The van der Waals surface area contributed by atoms with Gasteiger partial charge in [-0.2, -0.15) is 0 Å². The molecular formula is C16H16ClFN2O. The molecule has 1 unspecified atom stereocenters. The number of hydrogen-bond acceptors (Lipinski definition) is 2. The highest BCUT2D eigenvalue weighted by atomic mass is 35.5. The van der Waals surface area contributed by atoms with Crippen molar-refractivity contribution in [3.63, 3.8) is 0 Å². The first-order valence-corrected chi connectivity index (χ1v) is 6.92. The third-order valence-corrected chi connectivity index (χ3v) is 3.51. The summed E-state index contributed by atoms with van der Waals surface area (Å²) in [5, 5.41) is 6.26. The highest BCUT2D eigenvalue weighted by Gasteiger charge is 2.11. The third-order valence-electron chi connectivity index (χ3n) is 3.18. The molecule has 0 aliphatic heterocycles. The standard InChI is InChI=1S/C16H16ClFN2O/c1-10(11-4-3-5-13(18)8-11)20-15-9-12(16(21)19-2)6-7-14(15)17/h3-10,20H,1-2H3,(H,19,21). The lowest BCUT2D eigenvalue weighted by molar-refractivity contribution is 0.0963. The molecule has 2 rings (SSSR count). The Hall–Kier alpha value is -2.07. The molecule has 0 saturated heterocycles. The average molecular weight is 307 g/mol. The summed E-state index contributed by atoms with van der Waals surface area (Å²) >= 11 is 6.14. The highest BCUT2D eigenvalue weighted by molar-refractivity contribution is 6.33. The van der Waals surface area contributed by atoms with Crippen molar-refractivity contribution in [2.24, 2.45) is 0 Å². The smallest absolute Gasteiger partial charge is 0.251 e. The highest BCUT2D eigenvalue weighted by Crippen LogP contribution is 2.27. The van der Waals surface area contributed by atoms with Crippen molar-refractivity contribution in [2.45, 2.75) is 13.0 Å². The second kappa shape index (κ2) is 6.59. The lowest BCUT2D eigenvalue weighted by Gasteiger charge is -2.17. The summed E-state index contributed by atoms with van der Waals surface area (Å²) in [6.07, 6.45) is 0. The first-order valence-electron chi connectivity index (χ1n) is 6.55. The summed E-state index contributed by atoms with van der Waals surface area (Å²) < 4.78 is 13.3. The molecule has 5 heteroatoms. The summed E-state index contributed by atoms with van der Waals surface area (Å²) in [7, 11) is 1.57. The Morgan fingerprint density at radius 2 is 2.00 bits per heavy atom. The van der Waals surface area contributed by atoms with E-state index >= 15 is 0 Å². The number of carbonyl (C=O) groups excluding carboxylic acids is 1. The van der Waals surface area contributed by atoms with Crippen molar-refractivity contribution in [1.82, 2.24) is 5.32 Å². The van der Waals surface area contributed by atoms with Gasteiger partial charge in [0.15, 0.2) is 0 Å². The van der Waals surface area contributed by atoms with Crippen LogP contribution in [0.4, 0.5) is 10.1 Å². The van der Waals surface area contributed by atoms with Gasteiger partial charge in [-0.1, -0.05) is 23.7 Å². The fraction of sp³-hybridized carbons (Fsp3) is 0.188. The van der Waals surface area contributed by atoms with Crippen LogP contribution in [0.25, 0.3) is 0 Å². The van der Waals surface area contributed by atoms with Gasteiger partial charge in [-0.3, -0.25) is 4.79 Å². The van der Waals surface area contributed by atoms with Crippen molar-refractivity contribution in [1.29, 1.82) is 0 Å². The zero-order valence-corrected chi connectivity index (χ0v) is 12.5. The van der Waals surface area contributed by atoms with E-state index in [1.54, 1.807) is 31.3 Å². The van der Waals surface area contributed by atoms with Gasteiger partial charge in [0.25, 0.3) is 5.91 Å². The number of halogens is 2. The number of anilines is 1. The van der Waals surface area contributed by atoms with Crippen LogP contribution in [0.1, 0.15) is 28.9 Å². The van der Waals surface area contributed by atoms with E-state index in [0.717, 1.165) is 5.56 Å². The zero-order chi connectivity index (χ0) is 15.4. The molecule has 0 heterocycles. The largest absolute Gasteiger partial charge is 0.377 e. The molecule has 110 valence electrons. The molecule has 0 spiro atoms. The molecule has 0 bridgehead atoms. The van der Waals surface area contributed by atoms with Gasteiger partial charge >= 0.3 is 0 Å². The van der Waals surface area contributed by atoms with Crippen molar-refractivity contribution < 1.29 is 9.18 Å². The average Bonchev–Trinajstić information content (AvgIpc) is 2.48. The van der Waals surface area contributed by atoms with Crippen LogP contribution in [0, 0.1) is 5.82 Å². The number of hydrogen-bond donors (Lipinski definition) is 2. The Kier molecular flexibility index (Phi) is 4.81. The van der Waals surface area contributed by atoms with Gasteiger partial charge in [-0.15, -0.1) is 0 Å². The minimum absolute atomic E-state index is 0.141. The first kappa shape index (κ1) is 15.3. The normalized spacial score (nSPS) is 11.8. The van der Waals surface area contributed by atoms with Gasteiger partial charge in [0.2, 0.25) is 0 Å². The summed E-state index contributed by atoms with van der Waals surface area (Å²) in [6.45, 7) is 1.90. The minimum atomic E-state index is -0.286. The number of rotatable bonds is 4. The molecule has 0 saturated carbocycles. The second-order valence-electron chi connectivity index (χ2n) is 4.69. The van der Waals surface area contributed by atoms with Gasteiger partial charge in [0.05, 0.1) is 10.7 Å². The van der Waals surface area contributed by atoms with Crippen LogP contribution in [-0.4, -0.2) is 13.0 Å². The molecule has 2 aromatic rings. The van der Waals surface area contributed by atoms with E-state index in [1.165, 1.54) is 12.1 Å². The Morgan fingerprint density at radius 3 is 2.67 bits per heavy atom. The molecule has 0 aliphatic rings. The number of amides is 1. The summed E-state index contributed by atoms with van der Waals surface area (Å²) in [4.78, 5) is 11.6. The van der Waals surface area contributed by atoms with Crippen LogP contribution >= 0.6 is 11.6 Å². The van der Waals surface area contributed by atoms with Gasteiger partial charge in [-0.25, -0.2) is 4.39 Å². The van der Waals surface area contributed by atoms with Crippen LogP contribution in [0.3, 0.4) is 0 Å². The predicted octanol–water partition coefficient (Wildman–Crippen LogP) is 4.01. The molecule has 2 N–H and O–H groups in total. The van der Waals surface area contributed by atoms with Gasteiger partial charge in [-0.05, 0) is 42.8 Å². The molecule has 2 aromatic carbocycles. The zero-order valence-electron chi connectivity index (χ0n) is 11.8. The van der Waals surface area contributed by atoms with E-state index in [9.17, 15) is 9.18 Å². The van der Waals surface area contributed by atoms with E-state index < -0.39 is 0 Å². The summed E-state index contributed by atoms with van der Waals surface area (Å²) in [5.41, 5.74) is 1.95. The number of carbonyl (C=O) groups is 1. The Balaban J connectivity index is 2.24. The summed E-state index contributed by atoms with van der Waals surface area (Å²) in [5.74, 6) is -0.473. The Labute approximate surface area is 128 Å². The lowest BCUT2D eigenvalue weighted by Crippen LogP contribution is -2.18. The Morgan fingerprint density at radius 1 is 1.24 bits per heavy atom. The number of nitrogens with one attached hydrogen (secondary N) is 2. The van der Waals surface area contributed by atoms with Crippen LogP contribution in [0.5, 0.6) is 0 Å². The summed E-state index contributed by atoms with van der Waals surface area (Å²) in [6, 6.07) is 11.2. The van der Waals surface area contributed by atoms with Crippen LogP contribution in [0.2, 0.25) is 5.02 Å². The molecule has 0 aliphatic carbocycles. The quantitative estimate of drug-likeness (QED) is 0.896. The molecule has 0 aromatic heterocycles. The Bertz CT molecular complexity index is 660. The lowest BCUT2D eigenvalue weighted by atomic mass is 10.1. The topological polar surface area (TPSA) is 41.1 Å². The fourth-order valence-electron chi connectivity index (χ4n) is 2.01. The van der Waals surface area contributed by atoms with E-state index in [1.807, 2.05) is 13.0 Å². The number of benzene rings is 2. The van der Waals surface area contributed by atoms with Gasteiger partial charge < -0.3 is 10.6 Å². The van der Waals surface area contributed by atoms with Crippen LogP contribution in [0.15, 0.2) is 42.5 Å². The molecular weight excluding hydrogens is 291 g/mol.